The van der Waals surface area contributed by atoms with Gasteiger partial charge in [-0.2, -0.15) is 0 Å². The molecule has 3 N–H and O–H groups in total. The summed E-state index contributed by atoms with van der Waals surface area (Å²) in [5.74, 6) is -1.02. The van der Waals surface area contributed by atoms with Crippen LogP contribution >= 0.6 is 0 Å². The Kier molecular flexibility index (Phi) is 7.48. The average molecular weight is 424 g/mol. The lowest BCUT2D eigenvalue weighted by molar-refractivity contribution is -0.148. The number of benzene rings is 2. The maximum absolute atomic E-state index is 12.9. The zero-order valence-corrected chi connectivity index (χ0v) is 18.4. The van der Waals surface area contributed by atoms with Crippen molar-refractivity contribution in [2.45, 2.75) is 46.6 Å². The van der Waals surface area contributed by atoms with E-state index in [1.54, 1.807) is 19.1 Å². The van der Waals surface area contributed by atoms with Crippen LogP contribution in [0.1, 0.15) is 46.5 Å². The number of carbonyl (C=O) groups is 2. The number of esters is 1. The van der Waals surface area contributed by atoms with E-state index < -0.39 is 19.1 Å². The second-order valence-electron chi connectivity index (χ2n) is 8.13. The van der Waals surface area contributed by atoms with E-state index in [0.717, 1.165) is 23.2 Å². The molecule has 8 heteroatoms. The van der Waals surface area contributed by atoms with Gasteiger partial charge in [0, 0.05) is 12.1 Å². The molecule has 1 aliphatic heterocycles. The Bertz CT molecular complexity index is 963. The average Bonchev–Trinajstić information content (AvgIpc) is 3.12. The van der Waals surface area contributed by atoms with Crippen LogP contribution in [0.2, 0.25) is 0 Å². The Hall–Kier alpha value is -2.68. The van der Waals surface area contributed by atoms with Gasteiger partial charge in [-0.15, -0.1) is 0 Å². The van der Waals surface area contributed by atoms with Gasteiger partial charge in [-0.05, 0) is 53.7 Å². The van der Waals surface area contributed by atoms with E-state index in [-0.39, 0.29) is 18.4 Å². The first-order valence-electron chi connectivity index (χ1n) is 10.4. The molecule has 1 heterocycles. The fourth-order valence-electron chi connectivity index (χ4n) is 3.75. The van der Waals surface area contributed by atoms with Crippen LogP contribution in [0.4, 0.5) is 0 Å². The van der Waals surface area contributed by atoms with Crippen molar-refractivity contribution in [2.75, 3.05) is 7.05 Å². The molecule has 2 aromatic carbocycles. The molecule has 1 atom stereocenters. The molecule has 7 nitrogen and oxygen atoms in total. The van der Waals surface area contributed by atoms with E-state index in [9.17, 15) is 14.6 Å². The summed E-state index contributed by atoms with van der Waals surface area (Å²) >= 11 is 0. The lowest BCUT2D eigenvalue weighted by Crippen LogP contribution is -2.46. The molecule has 0 bridgehead atoms. The van der Waals surface area contributed by atoms with E-state index in [0.29, 0.717) is 23.2 Å². The largest absolute Gasteiger partial charge is 0.492 e. The normalized spacial score (nSPS) is 13.8. The summed E-state index contributed by atoms with van der Waals surface area (Å²) in [7, 11) is 0.839. The van der Waals surface area contributed by atoms with Gasteiger partial charge >= 0.3 is 13.1 Å². The van der Waals surface area contributed by atoms with Crippen molar-refractivity contribution < 1.29 is 24.0 Å². The zero-order valence-electron chi connectivity index (χ0n) is 18.4. The van der Waals surface area contributed by atoms with Crippen molar-refractivity contribution in [2.24, 2.45) is 5.92 Å². The molecule has 0 radical (unpaired) electrons. The summed E-state index contributed by atoms with van der Waals surface area (Å²) in [6.45, 7) is 6.66. The highest BCUT2D eigenvalue weighted by Crippen LogP contribution is 2.17. The first-order chi connectivity index (χ1) is 14.8. The second-order valence-corrected chi connectivity index (χ2v) is 8.13. The van der Waals surface area contributed by atoms with E-state index >= 15 is 0 Å². The summed E-state index contributed by atoms with van der Waals surface area (Å²) in [5.41, 5.74) is 4.53. The third kappa shape index (κ3) is 5.33. The number of hydrogen-bond donors (Lipinski definition) is 3. The van der Waals surface area contributed by atoms with Crippen LogP contribution in [0.15, 0.2) is 36.4 Å². The molecule has 31 heavy (non-hydrogen) atoms. The summed E-state index contributed by atoms with van der Waals surface area (Å²) in [6, 6.07) is 10.5. The smallest absolute Gasteiger partial charge is 0.459 e. The monoisotopic (exact) mass is 424 g/mol. The molecule has 0 fully saturated rings. The van der Waals surface area contributed by atoms with Gasteiger partial charge in [0.05, 0.1) is 6.61 Å². The number of nitrogens with one attached hydrogen (secondary N) is 2. The Morgan fingerprint density at radius 1 is 1.23 bits per heavy atom. The number of amides is 1. The highest BCUT2D eigenvalue weighted by Gasteiger charge is 2.32. The zero-order chi connectivity index (χ0) is 22.5. The Balaban J connectivity index is 1.68. The fourth-order valence-corrected chi connectivity index (χ4v) is 3.75. The van der Waals surface area contributed by atoms with Crippen LogP contribution in [0.25, 0.3) is 0 Å². The molecule has 0 aromatic heterocycles. The van der Waals surface area contributed by atoms with Gasteiger partial charge in [-0.3, -0.25) is 4.79 Å². The molecule has 0 saturated carbocycles. The topological polar surface area (TPSA) is 96.9 Å². The Morgan fingerprint density at radius 3 is 2.68 bits per heavy atom. The number of rotatable bonds is 8. The molecular weight excluding hydrogens is 395 g/mol. The molecule has 1 aliphatic rings. The summed E-state index contributed by atoms with van der Waals surface area (Å²) in [5, 5.41) is 15.9. The van der Waals surface area contributed by atoms with Crippen molar-refractivity contribution in [1.29, 1.82) is 0 Å². The van der Waals surface area contributed by atoms with E-state index in [1.165, 1.54) is 0 Å². The first kappa shape index (κ1) is 23.0. The summed E-state index contributed by atoms with van der Waals surface area (Å²) < 4.78 is 10.7. The Labute approximate surface area is 183 Å². The molecule has 0 spiro atoms. The molecular formula is C23H29BN2O5. The minimum absolute atomic E-state index is 0.136. The van der Waals surface area contributed by atoms with Crippen LogP contribution in [-0.2, 0) is 33.9 Å². The van der Waals surface area contributed by atoms with Crippen molar-refractivity contribution in [1.82, 2.24) is 10.6 Å². The van der Waals surface area contributed by atoms with Gasteiger partial charge in [0.15, 0.2) is 0 Å². The second kappa shape index (κ2) is 10.1. The predicted octanol–water partition coefficient (Wildman–Crippen LogP) is 1.43. The molecule has 0 aliphatic carbocycles. The Morgan fingerprint density at radius 2 is 1.97 bits per heavy atom. The van der Waals surface area contributed by atoms with Crippen LogP contribution in [0, 0.1) is 12.8 Å². The minimum atomic E-state index is -1.03. The third-order valence-electron chi connectivity index (χ3n) is 5.45. The van der Waals surface area contributed by atoms with Crippen LogP contribution in [0.5, 0.6) is 0 Å². The minimum Gasteiger partial charge on any atom is -0.459 e. The molecule has 164 valence electrons. The van der Waals surface area contributed by atoms with E-state index in [4.69, 9.17) is 9.39 Å². The molecule has 1 amide bonds. The van der Waals surface area contributed by atoms with Gasteiger partial charge in [-0.1, -0.05) is 44.2 Å². The SMILES string of the molecule is CNCc1cccc(COC(=O)[C@@H](NC(=O)c2ccc3c(c2C)B(O)OC3)C(C)C)c1. The standard InChI is InChI=1S/C23H29BN2O5/c1-14(2)21(23(28)30-12-17-7-5-6-16(10-17)11-25-4)26-22(27)19-9-8-18-13-31-24(29)20(18)15(19)3/h5-10,14,21,25,29H,11-13H2,1-4H3,(H,26,27)/t21-/m0/s1. The maximum Gasteiger partial charge on any atom is 0.492 e. The van der Waals surface area contributed by atoms with Gasteiger partial charge in [0.1, 0.15) is 12.6 Å². The quantitative estimate of drug-likeness (QED) is 0.438. The number of fused-ring (bicyclic) bond motifs is 1. The van der Waals surface area contributed by atoms with Gasteiger partial charge in [-0.25, -0.2) is 4.79 Å². The lowest BCUT2D eigenvalue weighted by atomic mass is 9.75. The maximum atomic E-state index is 12.9. The number of carbonyl (C=O) groups excluding carboxylic acids is 2. The van der Waals surface area contributed by atoms with Gasteiger partial charge in [0.2, 0.25) is 0 Å². The van der Waals surface area contributed by atoms with Crippen molar-refractivity contribution in [3.05, 3.63) is 64.2 Å². The lowest BCUT2D eigenvalue weighted by Gasteiger charge is -2.22. The number of ether oxygens (including phenoxy) is 1. The van der Waals surface area contributed by atoms with Gasteiger partial charge < -0.3 is 25.0 Å². The van der Waals surface area contributed by atoms with Crippen molar-refractivity contribution >= 4 is 24.5 Å². The molecule has 0 unspecified atom stereocenters. The van der Waals surface area contributed by atoms with Crippen molar-refractivity contribution in [3.63, 3.8) is 0 Å². The number of hydrogen-bond acceptors (Lipinski definition) is 6. The third-order valence-corrected chi connectivity index (χ3v) is 5.45. The van der Waals surface area contributed by atoms with Crippen molar-refractivity contribution in [3.8, 4) is 0 Å². The predicted molar refractivity (Wildman–Crippen MR) is 119 cm³/mol. The molecule has 3 rings (SSSR count). The highest BCUT2D eigenvalue weighted by molar-refractivity contribution is 6.62. The first-order valence-corrected chi connectivity index (χ1v) is 10.4. The molecule has 2 aromatic rings. The summed E-state index contributed by atoms with van der Waals surface area (Å²) in [4.78, 5) is 25.7. The van der Waals surface area contributed by atoms with E-state index in [1.807, 2.05) is 45.2 Å². The van der Waals surface area contributed by atoms with E-state index in [2.05, 4.69) is 10.6 Å². The van der Waals surface area contributed by atoms with Gasteiger partial charge in [0.25, 0.3) is 5.91 Å². The summed E-state index contributed by atoms with van der Waals surface area (Å²) in [6.07, 6.45) is 0. The van der Waals surface area contributed by atoms with Crippen LogP contribution < -0.4 is 16.1 Å². The van der Waals surface area contributed by atoms with Crippen LogP contribution in [-0.4, -0.2) is 37.1 Å². The molecule has 0 saturated heterocycles. The fraction of sp³-hybridized carbons (Fsp3) is 0.391. The van der Waals surface area contributed by atoms with Crippen LogP contribution in [0.3, 0.4) is 0 Å². The highest BCUT2D eigenvalue weighted by atomic mass is 16.5.